The molecule has 7 heteroatoms. The first kappa shape index (κ1) is 20.3. The van der Waals surface area contributed by atoms with Crippen LogP contribution in [0.1, 0.15) is 21.1 Å². The molecule has 1 amide bonds. The molecule has 0 aliphatic rings. The van der Waals surface area contributed by atoms with Crippen molar-refractivity contribution in [3.05, 3.63) is 88.4 Å². The Labute approximate surface area is 178 Å². The van der Waals surface area contributed by atoms with E-state index in [1.807, 2.05) is 64.5 Å². The first-order chi connectivity index (χ1) is 14.7. The number of nitrogens with one attached hydrogen (secondary N) is 1. The number of aliphatic hydroxyl groups excluding tert-OH is 1. The summed E-state index contributed by atoms with van der Waals surface area (Å²) in [5, 5.41) is 15.5. The van der Waals surface area contributed by atoms with Crippen molar-refractivity contribution in [3.8, 4) is 0 Å². The fraction of sp³-hybridized carbons (Fsp3) is 0.217. The normalized spacial score (nSPS) is 12.2. The highest BCUT2D eigenvalue weighted by Gasteiger charge is 2.15. The van der Waals surface area contributed by atoms with Crippen molar-refractivity contribution < 1.29 is 14.6 Å². The van der Waals surface area contributed by atoms with Gasteiger partial charge in [0.2, 0.25) is 0 Å². The van der Waals surface area contributed by atoms with E-state index in [4.69, 9.17) is 4.74 Å². The second kappa shape index (κ2) is 9.67. The summed E-state index contributed by atoms with van der Waals surface area (Å²) in [6, 6.07) is 20.8. The minimum absolute atomic E-state index is 0.158. The van der Waals surface area contributed by atoms with Gasteiger partial charge in [-0.2, -0.15) is 0 Å². The van der Waals surface area contributed by atoms with Crippen LogP contribution in [-0.2, 0) is 24.4 Å². The van der Waals surface area contributed by atoms with E-state index < -0.39 is 6.10 Å². The molecule has 6 nitrogen and oxygen atoms in total. The molecule has 4 aromatic rings. The Hall–Kier alpha value is -3.00. The lowest BCUT2D eigenvalue weighted by Crippen LogP contribution is -2.27. The molecule has 0 spiro atoms. The minimum atomic E-state index is -0.689. The zero-order valence-electron chi connectivity index (χ0n) is 16.4. The summed E-state index contributed by atoms with van der Waals surface area (Å²) in [6.45, 7) is 1.31. The van der Waals surface area contributed by atoms with E-state index in [1.54, 1.807) is 23.5 Å². The molecule has 154 valence electrons. The molecule has 0 bridgehead atoms. The van der Waals surface area contributed by atoms with Crippen LogP contribution < -0.4 is 5.32 Å². The van der Waals surface area contributed by atoms with Gasteiger partial charge >= 0.3 is 0 Å². The van der Waals surface area contributed by atoms with Crippen LogP contribution in [-0.4, -0.2) is 33.3 Å². The van der Waals surface area contributed by atoms with Gasteiger partial charge in [0.1, 0.15) is 5.82 Å². The summed E-state index contributed by atoms with van der Waals surface area (Å²) in [5.41, 5.74) is 2.34. The van der Waals surface area contributed by atoms with Crippen LogP contribution in [0.4, 0.5) is 0 Å². The number of hydrogen-bond donors (Lipinski definition) is 2. The lowest BCUT2D eigenvalue weighted by molar-refractivity contribution is 0.0214. The molecule has 4 rings (SSSR count). The summed E-state index contributed by atoms with van der Waals surface area (Å²) in [4.78, 5) is 18.2. The maximum absolute atomic E-state index is 12.4. The average Bonchev–Trinajstić information content (AvgIpc) is 3.41. The number of para-hydroxylation sites is 2. The number of fused-ring (bicyclic) bond motifs is 1. The molecular weight excluding hydrogens is 398 g/mol. The quantitative estimate of drug-likeness (QED) is 0.433. The number of aliphatic hydroxyl groups is 1. The summed E-state index contributed by atoms with van der Waals surface area (Å²) in [5.74, 6) is 0.534. The Kier molecular flexibility index (Phi) is 6.53. The Morgan fingerprint density at radius 2 is 1.90 bits per heavy atom. The smallest absolute Gasteiger partial charge is 0.251 e. The first-order valence-electron chi connectivity index (χ1n) is 9.76. The molecule has 0 radical (unpaired) electrons. The summed E-state index contributed by atoms with van der Waals surface area (Å²) >= 11 is 1.63. The van der Waals surface area contributed by atoms with Crippen molar-refractivity contribution in [2.75, 3.05) is 6.61 Å². The van der Waals surface area contributed by atoms with Gasteiger partial charge in [-0.1, -0.05) is 36.4 Å². The molecule has 2 aromatic heterocycles. The average molecular weight is 422 g/mol. The molecule has 0 aliphatic carbocycles. The third-order valence-electron chi connectivity index (χ3n) is 4.70. The van der Waals surface area contributed by atoms with Gasteiger partial charge in [-0.25, -0.2) is 4.98 Å². The SMILES string of the molecule is O=C(NCc1nc2ccccc2n1CC(O)COCc1cccs1)c1ccccc1. The van der Waals surface area contributed by atoms with Crippen molar-refractivity contribution in [1.29, 1.82) is 0 Å². The fourth-order valence-electron chi connectivity index (χ4n) is 3.27. The number of benzene rings is 2. The molecule has 1 atom stereocenters. The molecule has 0 aliphatic heterocycles. The molecule has 30 heavy (non-hydrogen) atoms. The predicted molar refractivity (Wildman–Crippen MR) is 117 cm³/mol. The van der Waals surface area contributed by atoms with Gasteiger partial charge in [-0.05, 0) is 35.7 Å². The molecule has 1 unspecified atom stereocenters. The summed E-state index contributed by atoms with van der Waals surface area (Å²) in [6.07, 6.45) is -0.689. The molecule has 2 N–H and O–H groups in total. The molecule has 0 saturated heterocycles. The van der Waals surface area contributed by atoms with E-state index in [-0.39, 0.29) is 19.1 Å². The van der Waals surface area contributed by atoms with Crippen molar-refractivity contribution in [3.63, 3.8) is 0 Å². The van der Waals surface area contributed by atoms with E-state index in [9.17, 15) is 9.90 Å². The largest absolute Gasteiger partial charge is 0.389 e. The molecule has 2 aromatic carbocycles. The van der Waals surface area contributed by atoms with Gasteiger partial charge in [0, 0.05) is 10.4 Å². The highest BCUT2D eigenvalue weighted by atomic mass is 32.1. The van der Waals surface area contributed by atoms with Crippen LogP contribution in [0.25, 0.3) is 11.0 Å². The Morgan fingerprint density at radius 3 is 2.70 bits per heavy atom. The minimum Gasteiger partial charge on any atom is -0.389 e. The fourth-order valence-corrected chi connectivity index (χ4v) is 3.91. The van der Waals surface area contributed by atoms with E-state index in [0.717, 1.165) is 15.9 Å². The number of ether oxygens (including phenoxy) is 1. The third-order valence-corrected chi connectivity index (χ3v) is 5.55. The number of hydrogen-bond acceptors (Lipinski definition) is 5. The molecular formula is C23H23N3O3S. The number of carbonyl (C=O) groups excluding carboxylic acids is 1. The van der Waals surface area contributed by atoms with Crippen LogP contribution in [0, 0.1) is 0 Å². The highest BCUT2D eigenvalue weighted by molar-refractivity contribution is 7.09. The van der Waals surface area contributed by atoms with Crippen LogP contribution in [0.2, 0.25) is 0 Å². The maximum Gasteiger partial charge on any atom is 0.251 e. The van der Waals surface area contributed by atoms with E-state index in [2.05, 4.69) is 10.3 Å². The van der Waals surface area contributed by atoms with Crippen LogP contribution in [0.5, 0.6) is 0 Å². The maximum atomic E-state index is 12.4. The lowest BCUT2D eigenvalue weighted by Gasteiger charge is -2.15. The number of nitrogens with zero attached hydrogens (tertiary/aromatic N) is 2. The van der Waals surface area contributed by atoms with E-state index in [1.165, 1.54) is 0 Å². The Balaban J connectivity index is 1.44. The monoisotopic (exact) mass is 421 g/mol. The molecule has 0 fully saturated rings. The second-order valence-corrected chi connectivity index (χ2v) is 7.96. The second-order valence-electron chi connectivity index (χ2n) is 6.92. The van der Waals surface area contributed by atoms with Crippen molar-refractivity contribution in [2.45, 2.75) is 25.8 Å². The van der Waals surface area contributed by atoms with Crippen molar-refractivity contribution >= 4 is 28.3 Å². The van der Waals surface area contributed by atoms with Crippen LogP contribution in [0.15, 0.2) is 72.1 Å². The zero-order valence-corrected chi connectivity index (χ0v) is 17.2. The van der Waals surface area contributed by atoms with Gasteiger partial charge in [0.05, 0.1) is 43.4 Å². The van der Waals surface area contributed by atoms with Gasteiger partial charge in [-0.15, -0.1) is 11.3 Å². The van der Waals surface area contributed by atoms with Gasteiger partial charge in [0.15, 0.2) is 0 Å². The van der Waals surface area contributed by atoms with Crippen LogP contribution in [0.3, 0.4) is 0 Å². The number of imidazole rings is 1. The van der Waals surface area contributed by atoms with Crippen molar-refractivity contribution in [2.24, 2.45) is 0 Å². The number of aromatic nitrogens is 2. The number of amides is 1. The molecule has 2 heterocycles. The standard InChI is InChI=1S/C23H23N3O3S/c27-18(15-29-16-19-9-6-12-30-19)14-26-21-11-5-4-10-20(21)25-22(26)13-24-23(28)17-7-2-1-3-8-17/h1-12,18,27H,13-16H2,(H,24,28). The summed E-state index contributed by atoms with van der Waals surface area (Å²) < 4.78 is 7.60. The van der Waals surface area contributed by atoms with Gasteiger partial charge in [0.25, 0.3) is 5.91 Å². The first-order valence-corrected chi connectivity index (χ1v) is 10.6. The topological polar surface area (TPSA) is 76.4 Å². The van der Waals surface area contributed by atoms with Gasteiger partial charge in [-0.3, -0.25) is 4.79 Å². The van der Waals surface area contributed by atoms with Crippen molar-refractivity contribution in [1.82, 2.24) is 14.9 Å². The Morgan fingerprint density at radius 1 is 1.10 bits per heavy atom. The third kappa shape index (κ3) is 4.94. The zero-order chi connectivity index (χ0) is 20.8. The Bertz CT molecular complexity index is 1090. The molecule has 0 saturated carbocycles. The highest BCUT2D eigenvalue weighted by Crippen LogP contribution is 2.17. The van der Waals surface area contributed by atoms with E-state index >= 15 is 0 Å². The van der Waals surface area contributed by atoms with Gasteiger partial charge < -0.3 is 19.7 Å². The number of thiophene rings is 1. The lowest BCUT2D eigenvalue weighted by atomic mass is 10.2. The summed E-state index contributed by atoms with van der Waals surface area (Å²) in [7, 11) is 0. The predicted octanol–water partition coefficient (Wildman–Crippen LogP) is 3.61. The number of carbonyl (C=O) groups is 1. The van der Waals surface area contributed by atoms with E-state index in [0.29, 0.717) is 24.5 Å². The van der Waals surface area contributed by atoms with Crippen LogP contribution >= 0.6 is 11.3 Å². The number of rotatable bonds is 9.